The Balaban J connectivity index is 1.15. The Morgan fingerprint density at radius 3 is 2.65 bits per heavy atom. The number of morpholine rings is 1. The van der Waals surface area contributed by atoms with Crippen LogP contribution in [0.15, 0.2) is 54.9 Å². The summed E-state index contributed by atoms with van der Waals surface area (Å²) in [7, 11) is 1.88. The average molecular weight is 540 g/mol. The quantitative estimate of drug-likeness (QED) is 0.357. The minimum Gasteiger partial charge on any atom is -0.477 e. The van der Waals surface area contributed by atoms with Crippen LogP contribution in [0, 0.1) is 6.92 Å². The molecule has 2 aliphatic heterocycles. The molecule has 4 heterocycles. The number of hydrogen-bond acceptors (Lipinski definition) is 8. The van der Waals surface area contributed by atoms with E-state index in [2.05, 4.69) is 43.8 Å². The van der Waals surface area contributed by atoms with Crippen molar-refractivity contribution in [2.45, 2.75) is 26.3 Å². The summed E-state index contributed by atoms with van der Waals surface area (Å²) in [5, 5.41) is 10.6. The molecule has 2 aliphatic rings. The summed E-state index contributed by atoms with van der Waals surface area (Å²) in [6.45, 7) is 6.84. The van der Waals surface area contributed by atoms with Gasteiger partial charge in [0.25, 0.3) is 5.91 Å². The van der Waals surface area contributed by atoms with E-state index in [1.54, 1.807) is 23.0 Å². The molecule has 2 N–H and O–H groups in total. The summed E-state index contributed by atoms with van der Waals surface area (Å²) in [5.41, 5.74) is 7.09. The zero-order chi connectivity index (χ0) is 27.5. The maximum absolute atomic E-state index is 13.1. The number of aromatic nitrogens is 4. The Hall–Kier alpha value is -4.28. The van der Waals surface area contributed by atoms with Crippen LogP contribution in [0.5, 0.6) is 5.88 Å². The molecule has 40 heavy (non-hydrogen) atoms. The van der Waals surface area contributed by atoms with Gasteiger partial charge in [-0.2, -0.15) is 10.1 Å². The second-order valence-corrected chi connectivity index (χ2v) is 10.2. The lowest BCUT2D eigenvalue weighted by Gasteiger charge is -2.26. The number of benzene rings is 2. The molecule has 6 rings (SSSR count). The summed E-state index contributed by atoms with van der Waals surface area (Å²) in [4.78, 5) is 24.9. The molecule has 0 spiro atoms. The van der Waals surface area contributed by atoms with Crippen LogP contribution in [-0.2, 0) is 24.8 Å². The van der Waals surface area contributed by atoms with E-state index in [0.29, 0.717) is 24.0 Å². The summed E-state index contributed by atoms with van der Waals surface area (Å²) < 4.78 is 13.1. The van der Waals surface area contributed by atoms with Gasteiger partial charge >= 0.3 is 0 Å². The molecule has 0 atom stereocenters. The highest BCUT2D eigenvalue weighted by atomic mass is 16.5. The SMILES string of the molecule is Cc1ccc(CN2CCOCC2)cc1NC(=O)c1ccc(Nc2nc3c(c(-c4cnn(C)c4)n2)CCCO3)cc1. The van der Waals surface area contributed by atoms with Crippen LogP contribution in [0.1, 0.15) is 33.5 Å². The fraction of sp³-hybridized carbons (Fsp3) is 0.333. The third-order valence-electron chi connectivity index (χ3n) is 7.22. The number of ether oxygens (including phenoxy) is 2. The zero-order valence-electron chi connectivity index (χ0n) is 22.8. The molecule has 0 aliphatic carbocycles. The first kappa shape index (κ1) is 26.0. The van der Waals surface area contributed by atoms with E-state index >= 15 is 0 Å². The first-order valence-electron chi connectivity index (χ1n) is 13.6. The fourth-order valence-electron chi connectivity index (χ4n) is 5.01. The van der Waals surface area contributed by atoms with Gasteiger partial charge in [-0.25, -0.2) is 4.98 Å². The fourth-order valence-corrected chi connectivity index (χ4v) is 5.01. The molecule has 10 nitrogen and oxygen atoms in total. The molecule has 2 aromatic carbocycles. The van der Waals surface area contributed by atoms with E-state index in [-0.39, 0.29) is 5.91 Å². The summed E-state index contributed by atoms with van der Waals surface area (Å²) in [6.07, 6.45) is 5.53. The smallest absolute Gasteiger partial charge is 0.255 e. The lowest BCUT2D eigenvalue weighted by atomic mass is 10.0. The van der Waals surface area contributed by atoms with Gasteiger partial charge in [0, 0.05) is 60.9 Å². The largest absolute Gasteiger partial charge is 0.477 e. The number of fused-ring (bicyclic) bond motifs is 1. The van der Waals surface area contributed by atoms with Crippen molar-refractivity contribution in [1.29, 1.82) is 0 Å². The molecule has 0 bridgehead atoms. The van der Waals surface area contributed by atoms with E-state index in [4.69, 9.17) is 14.5 Å². The van der Waals surface area contributed by atoms with Gasteiger partial charge < -0.3 is 20.1 Å². The van der Waals surface area contributed by atoms with Crippen molar-refractivity contribution in [3.05, 3.63) is 77.1 Å². The van der Waals surface area contributed by atoms with Crippen molar-refractivity contribution in [3.63, 3.8) is 0 Å². The van der Waals surface area contributed by atoms with Gasteiger partial charge in [-0.15, -0.1) is 0 Å². The standard InChI is InChI=1S/C30H33N7O3/c1-20-5-6-21(18-37-11-14-39-15-12-37)16-26(20)33-28(38)22-7-9-24(10-8-22)32-30-34-27(23-17-31-36(2)19-23)25-4-3-13-40-29(25)35-30/h5-10,16-17,19H,3-4,11-15,18H2,1-2H3,(H,33,38)(H,32,34,35). The Labute approximate surface area is 233 Å². The van der Waals surface area contributed by atoms with E-state index in [0.717, 1.165) is 79.4 Å². The molecule has 1 amide bonds. The van der Waals surface area contributed by atoms with Gasteiger partial charge in [0.2, 0.25) is 11.8 Å². The van der Waals surface area contributed by atoms with Crippen molar-refractivity contribution in [3.8, 4) is 17.1 Å². The molecular formula is C30H33N7O3. The van der Waals surface area contributed by atoms with Crippen LogP contribution in [0.4, 0.5) is 17.3 Å². The number of rotatable bonds is 7. The molecular weight excluding hydrogens is 506 g/mol. The number of carbonyl (C=O) groups excluding carboxylic acids is 1. The Morgan fingerprint density at radius 1 is 1.05 bits per heavy atom. The van der Waals surface area contributed by atoms with Crippen molar-refractivity contribution >= 4 is 23.2 Å². The van der Waals surface area contributed by atoms with E-state index in [1.165, 1.54) is 5.56 Å². The maximum atomic E-state index is 13.1. The van der Waals surface area contributed by atoms with E-state index < -0.39 is 0 Å². The first-order valence-corrected chi connectivity index (χ1v) is 13.6. The second kappa shape index (κ2) is 11.4. The molecule has 1 saturated heterocycles. The Kier molecular flexibility index (Phi) is 7.43. The first-order chi connectivity index (χ1) is 19.5. The normalized spacial score (nSPS) is 15.2. The monoisotopic (exact) mass is 539 g/mol. The lowest BCUT2D eigenvalue weighted by molar-refractivity contribution is 0.0342. The average Bonchev–Trinajstić information content (AvgIpc) is 3.41. The molecule has 1 fully saturated rings. The highest BCUT2D eigenvalue weighted by molar-refractivity contribution is 6.04. The van der Waals surface area contributed by atoms with Gasteiger partial charge in [-0.3, -0.25) is 14.4 Å². The van der Waals surface area contributed by atoms with Gasteiger partial charge in [0.1, 0.15) is 0 Å². The zero-order valence-corrected chi connectivity index (χ0v) is 22.8. The summed E-state index contributed by atoms with van der Waals surface area (Å²) >= 11 is 0. The van der Waals surface area contributed by atoms with Crippen molar-refractivity contribution < 1.29 is 14.3 Å². The molecule has 4 aromatic rings. The summed E-state index contributed by atoms with van der Waals surface area (Å²) in [6, 6.07) is 13.5. The molecule has 206 valence electrons. The van der Waals surface area contributed by atoms with E-state index in [1.807, 2.05) is 32.3 Å². The Bertz CT molecular complexity index is 1510. The highest BCUT2D eigenvalue weighted by Crippen LogP contribution is 2.33. The van der Waals surface area contributed by atoms with Crippen LogP contribution >= 0.6 is 0 Å². The van der Waals surface area contributed by atoms with Crippen molar-refractivity contribution in [1.82, 2.24) is 24.6 Å². The van der Waals surface area contributed by atoms with Gasteiger partial charge in [0.15, 0.2) is 0 Å². The predicted molar refractivity (Wildman–Crippen MR) is 153 cm³/mol. The molecule has 2 aromatic heterocycles. The minimum absolute atomic E-state index is 0.157. The number of nitrogens with zero attached hydrogens (tertiary/aromatic N) is 5. The number of amides is 1. The molecule has 0 saturated carbocycles. The second-order valence-electron chi connectivity index (χ2n) is 10.2. The highest BCUT2D eigenvalue weighted by Gasteiger charge is 2.21. The van der Waals surface area contributed by atoms with Crippen molar-refractivity contribution in [2.24, 2.45) is 7.05 Å². The predicted octanol–water partition coefficient (Wildman–Crippen LogP) is 4.34. The number of hydrogen-bond donors (Lipinski definition) is 2. The number of carbonyl (C=O) groups is 1. The number of anilines is 3. The third kappa shape index (κ3) is 5.83. The van der Waals surface area contributed by atoms with Crippen LogP contribution in [-0.4, -0.2) is 63.5 Å². The minimum atomic E-state index is -0.157. The molecule has 0 unspecified atom stereocenters. The molecule has 10 heteroatoms. The van der Waals surface area contributed by atoms with Crippen LogP contribution in [0.3, 0.4) is 0 Å². The molecule has 0 radical (unpaired) electrons. The lowest BCUT2D eigenvalue weighted by Crippen LogP contribution is -2.35. The number of nitrogens with one attached hydrogen (secondary N) is 2. The van der Waals surface area contributed by atoms with Gasteiger partial charge in [-0.05, 0) is 61.2 Å². The topological polar surface area (TPSA) is 106 Å². The number of aryl methyl sites for hydroxylation is 2. The summed E-state index contributed by atoms with van der Waals surface area (Å²) in [5.74, 6) is 0.879. The van der Waals surface area contributed by atoms with Crippen LogP contribution in [0.25, 0.3) is 11.3 Å². The third-order valence-corrected chi connectivity index (χ3v) is 7.22. The van der Waals surface area contributed by atoms with Crippen LogP contribution < -0.4 is 15.4 Å². The van der Waals surface area contributed by atoms with Gasteiger partial charge in [0.05, 0.1) is 31.7 Å². The van der Waals surface area contributed by atoms with Crippen molar-refractivity contribution in [2.75, 3.05) is 43.5 Å². The van der Waals surface area contributed by atoms with Crippen LogP contribution in [0.2, 0.25) is 0 Å². The maximum Gasteiger partial charge on any atom is 0.255 e. The Morgan fingerprint density at radius 2 is 1.88 bits per heavy atom. The van der Waals surface area contributed by atoms with E-state index in [9.17, 15) is 4.79 Å². The van der Waals surface area contributed by atoms with Gasteiger partial charge in [-0.1, -0.05) is 12.1 Å².